The first-order valence-electron chi connectivity index (χ1n) is 6.49. The minimum absolute atomic E-state index is 0.274. The Morgan fingerprint density at radius 3 is 2.53 bits per heavy atom. The summed E-state index contributed by atoms with van der Waals surface area (Å²) >= 11 is 0. The van der Waals surface area contributed by atoms with Crippen LogP contribution in [0.2, 0.25) is 0 Å². The largest absolute Gasteiger partial charge is 0.508 e. The molecule has 0 atom stereocenters. The quantitative estimate of drug-likeness (QED) is 0.835. The van der Waals surface area contributed by atoms with E-state index in [0.717, 1.165) is 30.0 Å². The lowest BCUT2D eigenvalue weighted by Gasteiger charge is -2.11. The second-order valence-electron chi connectivity index (χ2n) is 4.34. The van der Waals surface area contributed by atoms with Gasteiger partial charge in [0.15, 0.2) is 0 Å². The number of phenolic OH excluding ortho intramolecular Hbond substituents is 1. The molecule has 0 saturated heterocycles. The predicted molar refractivity (Wildman–Crippen MR) is 76.3 cm³/mol. The zero-order valence-electron chi connectivity index (χ0n) is 11.1. The lowest BCUT2D eigenvalue weighted by Crippen LogP contribution is -2.12. The average Bonchev–Trinajstić information content (AvgIpc) is 2.45. The number of nitrogens with one attached hydrogen (secondary N) is 1. The molecule has 0 saturated carbocycles. The molecule has 0 unspecified atom stereocenters. The van der Waals surface area contributed by atoms with Crippen LogP contribution in [0, 0.1) is 0 Å². The van der Waals surface area contributed by atoms with Gasteiger partial charge < -0.3 is 15.2 Å². The molecule has 0 aliphatic rings. The number of para-hydroxylation sites is 1. The molecule has 0 aliphatic heterocycles. The van der Waals surface area contributed by atoms with Crippen LogP contribution < -0.4 is 10.1 Å². The molecule has 0 fully saturated rings. The van der Waals surface area contributed by atoms with E-state index in [-0.39, 0.29) is 5.75 Å². The fourth-order valence-corrected chi connectivity index (χ4v) is 1.80. The molecule has 2 rings (SSSR count). The van der Waals surface area contributed by atoms with Gasteiger partial charge in [-0.15, -0.1) is 0 Å². The van der Waals surface area contributed by atoms with Crippen LogP contribution in [-0.2, 0) is 13.2 Å². The summed E-state index contributed by atoms with van der Waals surface area (Å²) in [6, 6.07) is 15.1. The highest BCUT2D eigenvalue weighted by atomic mass is 16.5. The number of benzene rings is 2. The Balaban J connectivity index is 2.00. The Hall–Kier alpha value is -2.00. The molecule has 100 valence electrons. The lowest BCUT2D eigenvalue weighted by atomic mass is 10.2. The summed E-state index contributed by atoms with van der Waals surface area (Å²) in [4.78, 5) is 0. The van der Waals surface area contributed by atoms with Crippen molar-refractivity contribution < 1.29 is 9.84 Å². The van der Waals surface area contributed by atoms with Crippen molar-refractivity contribution in [3.8, 4) is 11.5 Å². The SMILES string of the molecule is CCNCc1ccccc1OCc1ccc(O)cc1. The molecule has 0 heterocycles. The second-order valence-corrected chi connectivity index (χ2v) is 4.34. The first-order valence-corrected chi connectivity index (χ1v) is 6.49. The number of hydrogen-bond acceptors (Lipinski definition) is 3. The smallest absolute Gasteiger partial charge is 0.124 e. The van der Waals surface area contributed by atoms with Gasteiger partial charge in [0.1, 0.15) is 18.1 Å². The van der Waals surface area contributed by atoms with Crippen LogP contribution in [-0.4, -0.2) is 11.7 Å². The lowest BCUT2D eigenvalue weighted by molar-refractivity contribution is 0.302. The summed E-state index contributed by atoms with van der Waals surface area (Å²) in [5.74, 6) is 1.17. The van der Waals surface area contributed by atoms with Gasteiger partial charge in [-0.05, 0) is 30.3 Å². The van der Waals surface area contributed by atoms with Gasteiger partial charge >= 0.3 is 0 Å². The van der Waals surface area contributed by atoms with E-state index >= 15 is 0 Å². The first-order chi connectivity index (χ1) is 9.29. The van der Waals surface area contributed by atoms with Crippen LogP contribution in [0.15, 0.2) is 48.5 Å². The Morgan fingerprint density at radius 1 is 1.05 bits per heavy atom. The van der Waals surface area contributed by atoms with Gasteiger partial charge in [0.25, 0.3) is 0 Å². The molecule has 0 spiro atoms. The van der Waals surface area contributed by atoms with Crippen molar-refractivity contribution >= 4 is 0 Å². The summed E-state index contributed by atoms with van der Waals surface area (Å²) in [5.41, 5.74) is 2.19. The highest BCUT2D eigenvalue weighted by Crippen LogP contribution is 2.19. The molecule has 0 amide bonds. The van der Waals surface area contributed by atoms with Gasteiger partial charge in [0.05, 0.1) is 0 Å². The number of aromatic hydroxyl groups is 1. The maximum Gasteiger partial charge on any atom is 0.124 e. The van der Waals surface area contributed by atoms with Gasteiger partial charge in [0, 0.05) is 12.1 Å². The summed E-state index contributed by atoms with van der Waals surface area (Å²) in [7, 11) is 0. The standard InChI is InChI=1S/C16H19NO2/c1-2-17-11-14-5-3-4-6-16(14)19-12-13-7-9-15(18)10-8-13/h3-10,17-18H,2,11-12H2,1H3. The Kier molecular flexibility index (Phi) is 4.81. The third kappa shape index (κ3) is 4.00. The van der Waals surface area contributed by atoms with Gasteiger partial charge in [-0.2, -0.15) is 0 Å². The minimum atomic E-state index is 0.274. The summed E-state index contributed by atoms with van der Waals surface area (Å²) in [6.45, 7) is 4.33. The van der Waals surface area contributed by atoms with Crippen molar-refractivity contribution in [2.75, 3.05) is 6.54 Å². The van der Waals surface area contributed by atoms with Gasteiger partial charge in [0.2, 0.25) is 0 Å². The van der Waals surface area contributed by atoms with Gasteiger partial charge in [-0.3, -0.25) is 0 Å². The third-order valence-corrected chi connectivity index (χ3v) is 2.87. The maximum atomic E-state index is 9.23. The number of phenols is 1. The van der Waals surface area contributed by atoms with E-state index in [1.807, 2.05) is 30.3 Å². The zero-order chi connectivity index (χ0) is 13.5. The molecule has 19 heavy (non-hydrogen) atoms. The highest BCUT2D eigenvalue weighted by Gasteiger charge is 2.02. The fourth-order valence-electron chi connectivity index (χ4n) is 1.80. The van der Waals surface area contributed by atoms with Crippen LogP contribution in [0.25, 0.3) is 0 Å². The number of hydrogen-bond donors (Lipinski definition) is 2. The third-order valence-electron chi connectivity index (χ3n) is 2.87. The molecule has 2 N–H and O–H groups in total. The molecular weight excluding hydrogens is 238 g/mol. The fraction of sp³-hybridized carbons (Fsp3) is 0.250. The van der Waals surface area contributed by atoms with E-state index < -0.39 is 0 Å². The molecule has 0 bridgehead atoms. The van der Waals surface area contributed by atoms with Crippen LogP contribution in [0.3, 0.4) is 0 Å². The normalized spacial score (nSPS) is 10.4. The monoisotopic (exact) mass is 257 g/mol. The second kappa shape index (κ2) is 6.81. The summed E-state index contributed by atoms with van der Waals surface area (Å²) in [5, 5.41) is 12.5. The van der Waals surface area contributed by atoms with Crippen molar-refractivity contribution in [2.45, 2.75) is 20.1 Å². The van der Waals surface area contributed by atoms with Crippen molar-refractivity contribution in [1.82, 2.24) is 5.32 Å². The maximum absolute atomic E-state index is 9.23. The van der Waals surface area contributed by atoms with Crippen LogP contribution in [0.4, 0.5) is 0 Å². The van der Waals surface area contributed by atoms with E-state index in [2.05, 4.69) is 18.3 Å². The molecule has 0 aliphatic carbocycles. The van der Waals surface area contributed by atoms with Crippen molar-refractivity contribution in [1.29, 1.82) is 0 Å². The van der Waals surface area contributed by atoms with Crippen molar-refractivity contribution in [3.63, 3.8) is 0 Å². The number of rotatable bonds is 6. The molecular formula is C16H19NO2. The van der Waals surface area contributed by atoms with E-state index in [1.165, 1.54) is 0 Å². The van der Waals surface area contributed by atoms with Crippen molar-refractivity contribution in [2.24, 2.45) is 0 Å². The average molecular weight is 257 g/mol. The van der Waals surface area contributed by atoms with Crippen LogP contribution >= 0.6 is 0 Å². The molecule has 2 aromatic rings. The van der Waals surface area contributed by atoms with Gasteiger partial charge in [-0.25, -0.2) is 0 Å². The summed E-state index contributed by atoms with van der Waals surface area (Å²) < 4.78 is 5.84. The van der Waals surface area contributed by atoms with E-state index in [4.69, 9.17) is 4.74 Å². The minimum Gasteiger partial charge on any atom is -0.508 e. The molecule has 3 nitrogen and oxygen atoms in total. The Labute approximate surface area is 113 Å². The zero-order valence-corrected chi connectivity index (χ0v) is 11.1. The molecule has 0 radical (unpaired) electrons. The van der Waals surface area contributed by atoms with Crippen LogP contribution in [0.5, 0.6) is 11.5 Å². The first kappa shape index (κ1) is 13.4. The van der Waals surface area contributed by atoms with E-state index in [1.54, 1.807) is 12.1 Å². The number of ether oxygens (including phenoxy) is 1. The van der Waals surface area contributed by atoms with Gasteiger partial charge in [-0.1, -0.05) is 37.3 Å². The topological polar surface area (TPSA) is 41.5 Å². The van der Waals surface area contributed by atoms with Crippen LogP contribution in [0.1, 0.15) is 18.1 Å². The molecule has 3 heteroatoms. The summed E-state index contributed by atoms with van der Waals surface area (Å²) in [6.07, 6.45) is 0. The van der Waals surface area contributed by atoms with Crippen molar-refractivity contribution in [3.05, 3.63) is 59.7 Å². The molecule has 2 aromatic carbocycles. The van der Waals surface area contributed by atoms with E-state index in [9.17, 15) is 5.11 Å². The Morgan fingerprint density at radius 2 is 1.79 bits per heavy atom. The Bertz CT molecular complexity index is 508. The molecule has 0 aromatic heterocycles. The highest BCUT2D eigenvalue weighted by molar-refractivity contribution is 5.34. The van der Waals surface area contributed by atoms with E-state index in [0.29, 0.717) is 6.61 Å². The predicted octanol–water partition coefficient (Wildman–Crippen LogP) is 3.08.